The lowest BCUT2D eigenvalue weighted by molar-refractivity contribution is -0.156. The van der Waals surface area contributed by atoms with Gasteiger partial charge in [-0.3, -0.25) is 9.59 Å². The second-order valence-electron chi connectivity index (χ2n) is 6.83. The first-order valence-electron chi connectivity index (χ1n) is 8.32. The van der Waals surface area contributed by atoms with E-state index in [0.29, 0.717) is 4.88 Å². The highest BCUT2D eigenvalue weighted by molar-refractivity contribution is 14.1. The summed E-state index contributed by atoms with van der Waals surface area (Å²) in [6.45, 7) is 4.80. The highest BCUT2D eigenvalue weighted by Crippen LogP contribution is 2.18. The molecule has 152 valence electrons. The average molecular weight is 536 g/mol. The van der Waals surface area contributed by atoms with Gasteiger partial charge in [0.1, 0.15) is 11.6 Å². The molecule has 7 nitrogen and oxygen atoms in total. The molecule has 1 aromatic carbocycles. The minimum atomic E-state index is -3.97. The van der Waals surface area contributed by atoms with Gasteiger partial charge in [-0.2, -0.15) is 4.72 Å². The lowest BCUT2D eigenvalue weighted by Crippen LogP contribution is -2.50. The molecule has 28 heavy (non-hydrogen) atoms. The van der Waals surface area contributed by atoms with E-state index in [9.17, 15) is 18.0 Å². The van der Waals surface area contributed by atoms with Gasteiger partial charge in [0.15, 0.2) is 0 Å². The fraction of sp³-hybridized carbons (Fsp3) is 0.333. The summed E-state index contributed by atoms with van der Waals surface area (Å²) in [4.78, 5) is 25.3. The number of halogens is 1. The number of esters is 1. The zero-order chi connectivity index (χ0) is 20.9. The predicted octanol–water partition coefficient (Wildman–Crippen LogP) is 2.77. The molecule has 0 aliphatic rings. The number of hydrogen-bond donors (Lipinski definition) is 2. The van der Waals surface area contributed by atoms with Crippen LogP contribution in [-0.2, 0) is 19.6 Å². The van der Waals surface area contributed by atoms with Gasteiger partial charge in [-0.15, -0.1) is 11.3 Å². The van der Waals surface area contributed by atoms with E-state index in [1.807, 2.05) is 0 Å². The van der Waals surface area contributed by atoms with Crippen molar-refractivity contribution in [2.45, 2.75) is 37.3 Å². The number of rotatable bonds is 7. The molecule has 0 saturated heterocycles. The summed E-state index contributed by atoms with van der Waals surface area (Å²) in [5, 5.41) is 2.59. The number of amides is 1. The summed E-state index contributed by atoms with van der Waals surface area (Å²) < 4.78 is 33.8. The maximum Gasteiger partial charge on any atom is 0.326 e. The van der Waals surface area contributed by atoms with Crippen molar-refractivity contribution < 1.29 is 22.7 Å². The molecule has 1 unspecified atom stereocenters. The van der Waals surface area contributed by atoms with E-state index < -0.39 is 27.6 Å². The lowest BCUT2D eigenvalue weighted by atomic mass is 10.2. The van der Waals surface area contributed by atoms with Crippen LogP contribution in [0.15, 0.2) is 47.4 Å². The Morgan fingerprint density at radius 3 is 2.32 bits per heavy atom. The van der Waals surface area contributed by atoms with Gasteiger partial charge in [0.25, 0.3) is 5.91 Å². The summed E-state index contributed by atoms with van der Waals surface area (Å²) >= 11 is 3.39. The van der Waals surface area contributed by atoms with Crippen LogP contribution in [0, 0.1) is 2.88 Å². The molecule has 2 aromatic rings. The Balaban J connectivity index is 2.17. The SMILES string of the molecule is CC(C)(C)OC(=O)C(CNC(=O)c1ccc(I)s1)NS(=O)(=O)c1ccccc1. The van der Waals surface area contributed by atoms with Gasteiger partial charge in [0.2, 0.25) is 10.0 Å². The molecule has 0 fully saturated rings. The molecular formula is C18H21IN2O5S2. The van der Waals surface area contributed by atoms with Crippen molar-refractivity contribution in [1.29, 1.82) is 0 Å². The third kappa shape index (κ3) is 6.83. The molecule has 0 spiro atoms. The first-order chi connectivity index (χ1) is 13.0. The van der Waals surface area contributed by atoms with Gasteiger partial charge in [-0.05, 0) is 67.6 Å². The van der Waals surface area contributed by atoms with Crippen LogP contribution in [0.3, 0.4) is 0 Å². The zero-order valence-electron chi connectivity index (χ0n) is 15.6. The Labute approximate surface area is 182 Å². The Bertz CT molecular complexity index is 936. The van der Waals surface area contributed by atoms with Crippen LogP contribution in [-0.4, -0.2) is 38.5 Å². The standard InChI is InChI=1S/C18H21IN2O5S2/c1-18(2,3)26-17(23)13(11-20-16(22)14-9-10-15(19)27-14)21-28(24,25)12-7-5-4-6-8-12/h4-10,13,21H,11H2,1-3H3,(H,20,22). The van der Waals surface area contributed by atoms with Gasteiger partial charge in [-0.1, -0.05) is 18.2 Å². The first kappa shape index (κ1) is 22.8. The van der Waals surface area contributed by atoms with E-state index in [0.717, 1.165) is 2.88 Å². The second-order valence-corrected chi connectivity index (χ2v) is 11.5. The fourth-order valence-corrected chi connectivity index (χ4v) is 4.86. The van der Waals surface area contributed by atoms with Crippen LogP contribution in [0.2, 0.25) is 0 Å². The number of carbonyl (C=O) groups excluding carboxylic acids is 2. The molecule has 1 amide bonds. The van der Waals surface area contributed by atoms with E-state index in [2.05, 4.69) is 32.6 Å². The molecule has 0 aliphatic heterocycles. The summed E-state index contributed by atoms with van der Waals surface area (Å²) in [5.74, 6) is -1.16. The van der Waals surface area contributed by atoms with Gasteiger partial charge in [0, 0.05) is 6.54 Å². The predicted molar refractivity (Wildman–Crippen MR) is 116 cm³/mol. The first-order valence-corrected chi connectivity index (χ1v) is 11.7. The molecule has 0 saturated carbocycles. The number of carbonyl (C=O) groups is 2. The number of sulfonamides is 1. The molecule has 2 rings (SSSR count). The van der Waals surface area contributed by atoms with Crippen LogP contribution in [0.5, 0.6) is 0 Å². The summed E-state index contributed by atoms with van der Waals surface area (Å²) in [5.41, 5.74) is -0.804. The lowest BCUT2D eigenvalue weighted by Gasteiger charge is -2.24. The van der Waals surface area contributed by atoms with E-state index in [1.165, 1.54) is 23.5 Å². The molecule has 1 aromatic heterocycles. The van der Waals surface area contributed by atoms with Gasteiger partial charge in [-0.25, -0.2) is 8.42 Å². The fourth-order valence-electron chi connectivity index (χ4n) is 2.12. The molecule has 2 N–H and O–H groups in total. The molecule has 1 atom stereocenters. The van der Waals surface area contributed by atoms with Gasteiger partial charge in [0.05, 0.1) is 12.7 Å². The van der Waals surface area contributed by atoms with Gasteiger partial charge >= 0.3 is 5.97 Å². The number of benzene rings is 1. The van der Waals surface area contributed by atoms with E-state index in [4.69, 9.17) is 4.74 Å². The van der Waals surface area contributed by atoms with Crippen molar-refractivity contribution in [2.24, 2.45) is 0 Å². The van der Waals surface area contributed by atoms with Crippen molar-refractivity contribution in [2.75, 3.05) is 6.54 Å². The van der Waals surface area contributed by atoms with Crippen LogP contribution in [0.25, 0.3) is 0 Å². The van der Waals surface area contributed by atoms with Crippen LogP contribution in [0.1, 0.15) is 30.4 Å². The highest BCUT2D eigenvalue weighted by Gasteiger charge is 2.30. The van der Waals surface area contributed by atoms with Crippen LogP contribution >= 0.6 is 33.9 Å². The Kier molecular flexibility index (Phi) is 7.59. The molecule has 0 radical (unpaired) electrons. The summed E-state index contributed by atoms with van der Waals surface area (Å²) in [7, 11) is -3.97. The summed E-state index contributed by atoms with van der Waals surface area (Å²) in [6, 6.07) is 9.87. The van der Waals surface area contributed by atoms with E-state index in [-0.39, 0.29) is 17.3 Å². The smallest absolute Gasteiger partial charge is 0.326 e. The van der Waals surface area contributed by atoms with Crippen molar-refractivity contribution in [3.63, 3.8) is 0 Å². The van der Waals surface area contributed by atoms with Crippen molar-refractivity contribution in [3.05, 3.63) is 50.2 Å². The Hall–Kier alpha value is -1.50. The van der Waals surface area contributed by atoms with Gasteiger partial charge < -0.3 is 10.1 Å². The maximum absolute atomic E-state index is 12.6. The molecule has 10 heteroatoms. The summed E-state index contributed by atoms with van der Waals surface area (Å²) in [6.07, 6.45) is 0. The Morgan fingerprint density at radius 1 is 1.14 bits per heavy atom. The number of thiophene rings is 1. The van der Waals surface area contributed by atoms with Crippen molar-refractivity contribution in [1.82, 2.24) is 10.0 Å². The van der Waals surface area contributed by atoms with E-state index in [1.54, 1.807) is 51.1 Å². The maximum atomic E-state index is 12.6. The van der Waals surface area contributed by atoms with E-state index >= 15 is 0 Å². The van der Waals surface area contributed by atoms with Crippen LogP contribution < -0.4 is 10.0 Å². The monoisotopic (exact) mass is 536 g/mol. The largest absolute Gasteiger partial charge is 0.459 e. The quantitative estimate of drug-likeness (QED) is 0.419. The van der Waals surface area contributed by atoms with Crippen LogP contribution in [0.4, 0.5) is 0 Å². The van der Waals surface area contributed by atoms with Crippen molar-refractivity contribution >= 4 is 55.8 Å². The molecule has 1 heterocycles. The van der Waals surface area contributed by atoms with Crippen molar-refractivity contribution in [3.8, 4) is 0 Å². The minimum absolute atomic E-state index is 0.0164. The molecule has 0 aliphatic carbocycles. The second kappa shape index (κ2) is 9.33. The number of nitrogens with one attached hydrogen (secondary N) is 2. The zero-order valence-corrected chi connectivity index (χ0v) is 19.4. The third-order valence-electron chi connectivity index (χ3n) is 3.31. The number of hydrogen-bond acceptors (Lipinski definition) is 6. The third-order valence-corrected chi connectivity index (χ3v) is 6.69. The highest BCUT2D eigenvalue weighted by atomic mass is 127. The Morgan fingerprint density at radius 2 is 1.79 bits per heavy atom. The molecular weight excluding hydrogens is 515 g/mol. The topological polar surface area (TPSA) is 102 Å². The normalized spacial score (nSPS) is 13.0. The number of ether oxygens (including phenoxy) is 1. The molecule has 0 bridgehead atoms. The minimum Gasteiger partial charge on any atom is -0.459 e. The average Bonchev–Trinajstić information content (AvgIpc) is 3.04.